The molecular formula is C16H12Cl2O. The number of ether oxygens (including phenoxy) is 1. The molecule has 2 rings (SSSR count). The highest BCUT2D eigenvalue weighted by Gasteiger charge is 2.01. The topological polar surface area (TPSA) is 9.23 Å². The van der Waals surface area contributed by atoms with E-state index in [0.717, 1.165) is 21.9 Å². The van der Waals surface area contributed by atoms with E-state index in [9.17, 15) is 0 Å². The number of para-hydroxylation sites is 1. The smallest absolute Gasteiger partial charge is 0.135 e. The second kappa shape index (κ2) is 7.09. The molecule has 0 N–H and O–H groups in total. The van der Waals surface area contributed by atoms with E-state index in [1.54, 1.807) is 0 Å². The summed E-state index contributed by atoms with van der Waals surface area (Å²) in [4.78, 5) is 0. The number of hydrogen-bond donors (Lipinski definition) is 0. The summed E-state index contributed by atoms with van der Waals surface area (Å²) in [5.41, 5.74) is 1.90. The van der Waals surface area contributed by atoms with Crippen LogP contribution in [0.25, 0.3) is 0 Å². The second-order valence-corrected chi connectivity index (χ2v) is 4.55. The molecular weight excluding hydrogens is 279 g/mol. The van der Waals surface area contributed by atoms with Crippen molar-refractivity contribution < 1.29 is 4.74 Å². The maximum absolute atomic E-state index is 5.84. The molecule has 0 aromatic heterocycles. The first-order valence-electron chi connectivity index (χ1n) is 5.80. The van der Waals surface area contributed by atoms with Gasteiger partial charge in [0.2, 0.25) is 0 Å². The summed E-state index contributed by atoms with van der Waals surface area (Å²) in [6, 6.07) is 15.2. The van der Waals surface area contributed by atoms with E-state index < -0.39 is 0 Å². The van der Waals surface area contributed by atoms with Crippen molar-refractivity contribution in [2.45, 2.75) is 6.61 Å². The molecule has 0 spiro atoms. The molecule has 0 saturated carbocycles. The summed E-state index contributed by atoms with van der Waals surface area (Å²) >= 11 is 11.4. The standard InChI is InChI=1S/C16H12Cl2O/c17-11-3-5-14-4-1-2-6-16(14)19-12-13-7-9-15(18)10-8-13/h1-2,4,6-10H,11-12H2. The first-order chi connectivity index (χ1) is 9.29. The van der Waals surface area contributed by atoms with Crippen molar-refractivity contribution in [3.63, 3.8) is 0 Å². The highest BCUT2D eigenvalue weighted by molar-refractivity contribution is 6.30. The highest BCUT2D eigenvalue weighted by atomic mass is 35.5. The maximum atomic E-state index is 5.84. The molecule has 96 valence electrons. The summed E-state index contributed by atoms with van der Waals surface area (Å²) in [7, 11) is 0. The van der Waals surface area contributed by atoms with E-state index in [2.05, 4.69) is 11.8 Å². The summed E-state index contributed by atoms with van der Waals surface area (Å²) in [6.07, 6.45) is 0. The van der Waals surface area contributed by atoms with Gasteiger partial charge < -0.3 is 4.74 Å². The first kappa shape index (κ1) is 13.8. The van der Waals surface area contributed by atoms with Crippen molar-refractivity contribution in [3.8, 4) is 17.6 Å². The summed E-state index contributed by atoms with van der Waals surface area (Å²) in [6.45, 7) is 0.483. The molecule has 2 aromatic carbocycles. The Labute approximate surface area is 123 Å². The summed E-state index contributed by atoms with van der Waals surface area (Å²) in [5.74, 6) is 6.88. The molecule has 0 bridgehead atoms. The van der Waals surface area contributed by atoms with Crippen LogP contribution >= 0.6 is 23.2 Å². The fraction of sp³-hybridized carbons (Fsp3) is 0.125. The van der Waals surface area contributed by atoms with E-state index in [1.807, 2.05) is 48.5 Å². The van der Waals surface area contributed by atoms with E-state index >= 15 is 0 Å². The molecule has 0 saturated heterocycles. The molecule has 0 aliphatic rings. The summed E-state index contributed by atoms with van der Waals surface area (Å²) in [5, 5.41) is 0.720. The largest absolute Gasteiger partial charge is 0.488 e. The summed E-state index contributed by atoms with van der Waals surface area (Å²) < 4.78 is 5.77. The van der Waals surface area contributed by atoms with Crippen molar-refractivity contribution in [3.05, 3.63) is 64.7 Å². The Morgan fingerprint density at radius 1 is 1.00 bits per heavy atom. The molecule has 0 heterocycles. The van der Waals surface area contributed by atoms with E-state index in [1.165, 1.54) is 0 Å². The van der Waals surface area contributed by atoms with Crippen LogP contribution in [-0.4, -0.2) is 5.88 Å². The van der Waals surface area contributed by atoms with E-state index in [0.29, 0.717) is 12.5 Å². The van der Waals surface area contributed by atoms with Gasteiger partial charge in [0.05, 0.1) is 11.4 Å². The average Bonchev–Trinajstić information content (AvgIpc) is 2.45. The minimum Gasteiger partial charge on any atom is -0.488 e. The van der Waals surface area contributed by atoms with Crippen LogP contribution in [0.15, 0.2) is 48.5 Å². The molecule has 0 atom stereocenters. The van der Waals surface area contributed by atoms with Gasteiger partial charge in [-0.1, -0.05) is 47.7 Å². The van der Waals surface area contributed by atoms with Gasteiger partial charge in [0.15, 0.2) is 0 Å². The zero-order valence-corrected chi connectivity index (χ0v) is 11.7. The Morgan fingerprint density at radius 2 is 1.74 bits per heavy atom. The van der Waals surface area contributed by atoms with Crippen molar-refractivity contribution in [2.24, 2.45) is 0 Å². The lowest BCUT2D eigenvalue weighted by atomic mass is 10.2. The molecule has 1 nitrogen and oxygen atoms in total. The molecule has 0 amide bonds. The van der Waals surface area contributed by atoms with Crippen LogP contribution in [0.3, 0.4) is 0 Å². The fourth-order valence-corrected chi connectivity index (χ4v) is 1.76. The number of benzene rings is 2. The average molecular weight is 291 g/mol. The van der Waals surface area contributed by atoms with Gasteiger partial charge in [0.25, 0.3) is 0 Å². The van der Waals surface area contributed by atoms with Crippen LogP contribution in [-0.2, 0) is 6.61 Å². The Kier molecular flexibility index (Phi) is 5.15. The lowest BCUT2D eigenvalue weighted by molar-refractivity contribution is 0.305. The van der Waals surface area contributed by atoms with Gasteiger partial charge in [-0.05, 0) is 29.8 Å². The van der Waals surface area contributed by atoms with Crippen LogP contribution in [0, 0.1) is 11.8 Å². The molecule has 0 fully saturated rings. The van der Waals surface area contributed by atoms with Gasteiger partial charge in [-0.25, -0.2) is 0 Å². The predicted molar refractivity (Wildman–Crippen MR) is 79.8 cm³/mol. The van der Waals surface area contributed by atoms with E-state index in [-0.39, 0.29) is 0 Å². The number of rotatable bonds is 3. The van der Waals surface area contributed by atoms with Crippen molar-refractivity contribution in [2.75, 3.05) is 5.88 Å². The minimum absolute atomic E-state index is 0.311. The Bertz CT molecular complexity index is 594. The van der Waals surface area contributed by atoms with Gasteiger partial charge in [0, 0.05) is 5.02 Å². The third kappa shape index (κ3) is 4.21. The lowest BCUT2D eigenvalue weighted by Crippen LogP contribution is -1.96. The van der Waals surface area contributed by atoms with Crippen LogP contribution in [0.5, 0.6) is 5.75 Å². The van der Waals surface area contributed by atoms with Crippen LogP contribution in [0.4, 0.5) is 0 Å². The molecule has 0 aliphatic carbocycles. The molecule has 19 heavy (non-hydrogen) atoms. The molecule has 0 radical (unpaired) electrons. The third-order valence-electron chi connectivity index (χ3n) is 2.48. The van der Waals surface area contributed by atoms with E-state index in [4.69, 9.17) is 27.9 Å². The maximum Gasteiger partial charge on any atom is 0.135 e. The van der Waals surface area contributed by atoms with Gasteiger partial charge in [-0.2, -0.15) is 0 Å². The zero-order chi connectivity index (χ0) is 13.5. The Morgan fingerprint density at radius 3 is 2.47 bits per heavy atom. The quantitative estimate of drug-likeness (QED) is 0.597. The normalized spacial score (nSPS) is 9.58. The van der Waals surface area contributed by atoms with Crippen molar-refractivity contribution >= 4 is 23.2 Å². The third-order valence-corrected chi connectivity index (χ3v) is 2.87. The number of hydrogen-bond acceptors (Lipinski definition) is 1. The molecule has 2 aromatic rings. The van der Waals surface area contributed by atoms with Crippen LogP contribution < -0.4 is 4.74 Å². The van der Waals surface area contributed by atoms with Crippen LogP contribution in [0.2, 0.25) is 5.02 Å². The van der Waals surface area contributed by atoms with Crippen molar-refractivity contribution in [1.29, 1.82) is 0 Å². The second-order valence-electron chi connectivity index (χ2n) is 3.85. The van der Waals surface area contributed by atoms with Gasteiger partial charge >= 0.3 is 0 Å². The van der Waals surface area contributed by atoms with Gasteiger partial charge in [-0.15, -0.1) is 11.6 Å². The zero-order valence-electron chi connectivity index (χ0n) is 10.2. The number of halogens is 2. The number of alkyl halides is 1. The molecule has 3 heteroatoms. The SMILES string of the molecule is ClCC#Cc1ccccc1OCc1ccc(Cl)cc1. The van der Waals surface area contributed by atoms with Crippen LogP contribution in [0.1, 0.15) is 11.1 Å². The van der Waals surface area contributed by atoms with Crippen molar-refractivity contribution in [1.82, 2.24) is 0 Å². The highest BCUT2D eigenvalue weighted by Crippen LogP contribution is 2.19. The lowest BCUT2D eigenvalue weighted by Gasteiger charge is -2.08. The minimum atomic E-state index is 0.311. The Balaban J connectivity index is 2.09. The molecule has 0 unspecified atom stereocenters. The van der Waals surface area contributed by atoms with Gasteiger partial charge in [-0.3, -0.25) is 0 Å². The first-order valence-corrected chi connectivity index (χ1v) is 6.72. The Hall–Kier alpha value is -1.62. The monoisotopic (exact) mass is 290 g/mol. The predicted octanol–water partition coefficient (Wildman–Crippen LogP) is 4.51. The molecule has 0 aliphatic heterocycles. The van der Waals surface area contributed by atoms with Gasteiger partial charge in [0.1, 0.15) is 12.4 Å². The fourth-order valence-electron chi connectivity index (χ4n) is 1.57.